The van der Waals surface area contributed by atoms with Crippen molar-refractivity contribution in [1.82, 2.24) is 10.1 Å². The average molecular weight is 551 g/mol. The van der Waals surface area contributed by atoms with Gasteiger partial charge < -0.3 is 23.8 Å². The fourth-order valence-electron chi connectivity index (χ4n) is 3.66. The van der Waals surface area contributed by atoms with Gasteiger partial charge >= 0.3 is 0 Å². The third-order valence-corrected chi connectivity index (χ3v) is 7.78. The van der Waals surface area contributed by atoms with Crippen molar-refractivity contribution in [3.05, 3.63) is 58.9 Å². The van der Waals surface area contributed by atoms with Gasteiger partial charge in [0.05, 0.1) is 36.4 Å². The Bertz CT molecular complexity index is 1360. The quantitative estimate of drug-likeness (QED) is 0.353. The molecule has 0 radical (unpaired) electrons. The van der Waals surface area contributed by atoms with Gasteiger partial charge in [0.15, 0.2) is 11.5 Å². The Morgan fingerprint density at radius 3 is 2.32 bits per heavy atom. The van der Waals surface area contributed by atoms with Crippen LogP contribution >= 0.6 is 11.6 Å². The summed E-state index contributed by atoms with van der Waals surface area (Å²) in [5.74, 6) is 0.790. The molecule has 0 aliphatic rings. The highest BCUT2D eigenvalue weighted by Crippen LogP contribution is 2.36. The standard InChI is InChI=1S/C25H31ClN4O6S/c1-7-29(15-18-12-17(2)36-27-18)25(31)16-30(22-13-19(28(3)4)8-10-21(22)26)37(32,33)20-9-11-23(34-5)24(14-20)35-6/h8-14H,7,15-16H2,1-6H3. The van der Waals surface area contributed by atoms with Crippen molar-refractivity contribution in [2.75, 3.05) is 50.6 Å². The van der Waals surface area contributed by atoms with E-state index in [1.807, 2.05) is 19.0 Å². The van der Waals surface area contributed by atoms with Crippen molar-refractivity contribution in [3.63, 3.8) is 0 Å². The fourth-order valence-corrected chi connectivity index (χ4v) is 5.37. The summed E-state index contributed by atoms with van der Waals surface area (Å²) < 4.78 is 44.7. The molecule has 0 aliphatic carbocycles. The number of ether oxygens (including phenoxy) is 2. The molecular weight excluding hydrogens is 520 g/mol. The lowest BCUT2D eigenvalue weighted by Gasteiger charge is -2.29. The second-order valence-corrected chi connectivity index (χ2v) is 10.7. The van der Waals surface area contributed by atoms with Gasteiger partial charge in [0.1, 0.15) is 18.0 Å². The van der Waals surface area contributed by atoms with E-state index < -0.39 is 22.5 Å². The van der Waals surface area contributed by atoms with E-state index in [1.165, 1.54) is 37.3 Å². The van der Waals surface area contributed by atoms with E-state index in [0.29, 0.717) is 29.4 Å². The molecule has 0 unspecified atom stereocenters. The SMILES string of the molecule is CCN(Cc1cc(C)on1)C(=O)CN(c1cc(N(C)C)ccc1Cl)S(=O)(=O)c1ccc(OC)c(OC)c1. The summed E-state index contributed by atoms with van der Waals surface area (Å²) in [5.41, 5.74) is 1.45. The van der Waals surface area contributed by atoms with E-state index in [9.17, 15) is 13.2 Å². The summed E-state index contributed by atoms with van der Waals surface area (Å²) in [6, 6.07) is 11.0. The number of sulfonamides is 1. The zero-order valence-corrected chi connectivity index (χ0v) is 23.3. The summed E-state index contributed by atoms with van der Waals surface area (Å²) >= 11 is 6.51. The Morgan fingerprint density at radius 1 is 1.05 bits per heavy atom. The molecule has 0 spiro atoms. The molecule has 1 aromatic heterocycles. The number of carbonyl (C=O) groups excluding carboxylic acids is 1. The molecule has 0 bridgehead atoms. The minimum absolute atomic E-state index is 0.0838. The lowest BCUT2D eigenvalue weighted by Crippen LogP contribution is -2.43. The van der Waals surface area contributed by atoms with Crippen molar-refractivity contribution in [1.29, 1.82) is 0 Å². The first kappa shape index (κ1) is 28.1. The smallest absolute Gasteiger partial charge is 0.264 e. The van der Waals surface area contributed by atoms with E-state index >= 15 is 0 Å². The summed E-state index contributed by atoms with van der Waals surface area (Å²) in [7, 11) is 2.25. The molecule has 1 heterocycles. The van der Waals surface area contributed by atoms with Crippen LogP contribution in [0, 0.1) is 6.92 Å². The summed E-state index contributed by atoms with van der Waals surface area (Å²) in [6.07, 6.45) is 0. The fraction of sp³-hybridized carbons (Fsp3) is 0.360. The Labute approximate surface area is 222 Å². The van der Waals surface area contributed by atoms with Gasteiger partial charge in [0.2, 0.25) is 5.91 Å². The number of rotatable bonds is 11. The van der Waals surface area contributed by atoms with Gasteiger partial charge in [0.25, 0.3) is 10.0 Å². The summed E-state index contributed by atoms with van der Waals surface area (Å²) in [6.45, 7) is 3.57. The number of likely N-dealkylation sites (N-methyl/N-ethyl adjacent to an activating group) is 1. The number of aromatic nitrogens is 1. The topological polar surface area (TPSA) is 105 Å². The van der Waals surface area contributed by atoms with E-state index in [0.717, 1.165) is 4.31 Å². The van der Waals surface area contributed by atoms with Crippen LogP contribution in [-0.4, -0.2) is 65.8 Å². The molecule has 0 saturated heterocycles. The van der Waals surface area contributed by atoms with E-state index in [4.69, 9.17) is 25.6 Å². The average Bonchev–Trinajstić information content (AvgIpc) is 3.29. The van der Waals surface area contributed by atoms with Gasteiger partial charge in [-0.25, -0.2) is 8.42 Å². The van der Waals surface area contributed by atoms with Crippen LogP contribution in [0.15, 0.2) is 51.9 Å². The van der Waals surface area contributed by atoms with E-state index in [2.05, 4.69) is 5.16 Å². The number of methoxy groups -OCH3 is 2. The van der Waals surface area contributed by atoms with Crippen molar-refractivity contribution in [2.45, 2.75) is 25.3 Å². The Hall–Kier alpha value is -3.44. The van der Waals surface area contributed by atoms with Crippen LogP contribution in [0.1, 0.15) is 18.4 Å². The highest BCUT2D eigenvalue weighted by molar-refractivity contribution is 7.92. The number of amides is 1. The first-order valence-corrected chi connectivity index (χ1v) is 13.2. The normalized spacial score (nSPS) is 11.2. The largest absolute Gasteiger partial charge is 0.493 e. The van der Waals surface area contributed by atoms with Crippen LogP contribution in [0.3, 0.4) is 0 Å². The maximum Gasteiger partial charge on any atom is 0.264 e. The van der Waals surface area contributed by atoms with Crippen LogP contribution in [0.25, 0.3) is 0 Å². The third-order valence-electron chi connectivity index (χ3n) is 5.70. The molecule has 37 heavy (non-hydrogen) atoms. The first-order valence-electron chi connectivity index (χ1n) is 11.4. The van der Waals surface area contributed by atoms with Gasteiger partial charge in [-0.1, -0.05) is 16.8 Å². The number of anilines is 2. The lowest BCUT2D eigenvalue weighted by molar-refractivity contribution is -0.130. The van der Waals surface area contributed by atoms with Gasteiger partial charge in [-0.05, 0) is 44.2 Å². The molecule has 10 nitrogen and oxygen atoms in total. The third kappa shape index (κ3) is 6.28. The number of hydrogen-bond acceptors (Lipinski definition) is 8. The van der Waals surface area contributed by atoms with Gasteiger partial charge in [-0.15, -0.1) is 0 Å². The van der Waals surface area contributed by atoms with Crippen LogP contribution < -0.4 is 18.7 Å². The van der Waals surface area contributed by atoms with Gasteiger partial charge in [-0.2, -0.15) is 0 Å². The molecule has 0 saturated carbocycles. The highest BCUT2D eigenvalue weighted by atomic mass is 35.5. The zero-order valence-electron chi connectivity index (χ0n) is 21.7. The van der Waals surface area contributed by atoms with Gasteiger partial charge in [-0.3, -0.25) is 9.10 Å². The van der Waals surface area contributed by atoms with E-state index in [1.54, 1.807) is 38.1 Å². The second kappa shape index (κ2) is 11.7. The Balaban J connectivity index is 2.09. The molecule has 2 aromatic carbocycles. The summed E-state index contributed by atoms with van der Waals surface area (Å²) in [5, 5.41) is 4.13. The molecule has 1 amide bonds. The predicted molar refractivity (Wildman–Crippen MR) is 142 cm³/mol. The highest BCUT2D eigenvalue weighted by Gasteiger charge is 2.31. The molecule has 0 N–H and O–H groups in total. The second-order valence-electron chi connectivity index (χ2n) is 8.40. The van der Waals surface area contributed by atoms with Crippen LogP contribution in [-0.2, 0) is 21.4 Å². The molecular formula is C25H31ClN4O6S. The molecule has 12 heteroatoms. The minimum Gasteiger partial charge on any atom is -0.493 e. The van der Waals surface area contributed by atoms with Crippen molar-refractivity contribution in [2.24, 2.45) is 0 Å². The number of nitrogens with zero attached hydrogens (tertiary/aromatic N) is 4. The number of aryl methyl sites for hydroxylation is 1. The maximum absolute atomic E-state index is 14.0. The van der Waals surface area contributed by atoms with Crippen LogP contribution in [0.5, 0.6) is 11.5 Å². The van der Waals surface area contributed by atoms with Crippen LogP contribution in [0.2, 0.25) is 5.02 Å². The monoisotopic (exact) mass is 550 g/mol. The number of benzene rings is 2. The molecule has 3 rings (SSSR count). The molecule has 3 aromatic rings. The first-order chi connectivity index (χ1) is 17.5. The predicted octanol–water partition coefficient (Wildman–Crippen LogP) is 3.96. The van der Waals surface area contributed by atoms with Crippen molar-refractivity contribution in [3.8, 4) is 11.5 Å². The van der Waals surface area contributed by atoms with Crippen molar-refractivity contribution < 1.29 is 27.2 Å². The zero-order chi connectivity index (χ0) is 27.3. The summed E-state index contributed by atoms with van der Waals surface area (Å²) in [4.78, 5) is 16.7. The number of carbonyl (C=O) groups is 1. The van der Waals surface area contributed by atoms with Crippen LogP contribution in [0.4, 0.5) is 11.4 Å². The molecule has 200 valence electrons. The number of halogens is 1. The molecule has 0 atom stereocenters. The number of hydrogen-bond donors (Lipinski definition) is 0. The van der Waals surface area contributed by atoms with Crippen molar-refractivity contribution >= 4 is 38.9 Å². The Kier molecular flexibility index (Phi) is 8.93. The maximum atomic E-state index is 14.0. The Morgan fingerprint density at radius 2 is 1.76 bits per heavy atom. The van der Waals surface area contributed by atoms with E-state index in [-0.39, 0.29) is 27.9 Å². The molecule has 0 fully saturated rings. The minimum atomic E-state index is -4.27. The molecule has 0 aliphatic heterocycles. The lowest BCUT2D eigenvalue weighted by atomic mass is 10.2. The van der Waals surface area contributed by atoms with Gasteiger partial charge in [0, 0.05) is 38.5 Å².